The lowest BCUT2D eigenvalue weighted by atomic mass is 9.80. The van der Waals surface area contributed by atoms with Crippen LogP contribution >= 0.6 is 11.6 Å². The summed E-state index contributed by atoms with van der Waals surface area (Å²) in [6.45, 7) is 0. The van der Waals surface area contributed by atoms with Crippen molar-refractivity contribution < 1.29 is 0 Å². The van der Waals surface area contributed by atoms with Gasteiger partial charge in [-0.1, -0.05) is 18.0 Å². The van der Waals surface area contributed by atoms with Gasteiger partial charge < -0.3 is 4.98 Å². The van der Waals surface area contributed by atoms with E-state index < -0.39 is 11.2 Å². The Hall–Kier alpha value is -1.95. The summed E-state index contributed by atoms with van der Waals surface area (Å²) >= 11 is 6.04. The molecule has 2 aromatic rings. The maximum Gasteiger partial charge on any atom is 0.325 e. The van der Waals surface area contributed by atoms with Crippen LogP contribution in [0.1, 0.15) is 30.7 Å². The molecule has 0 bridgehead atoms. The Morgan fingerprint density at radius 2 is 2.05 bits per heavy atom. The Labute approximate surface area is 112 Å². The van der Waals surface area contributed by atoms with Crippen molar-refractivity contribution in [3.8, 4) is 11.3 Å². The maximum absolute atomic E-state index is 11.7. The van der Waals surface area contributed by atoms with Crippen molar-refractivity contribution in [2.75, 3.05) is 0 Å². The highest BCUT2D eigenvalue weighted by atomic mass is 35.5. The van der Waals surface area contributed by atoms with Gasteiger partial charge in [0.2, 0.25) is 0 Å². The number of halogens is 1. The standard InChI is InChI=1S/C12H11ClN4O2/c13-10-7(6-2-1-3-6)4-9(16-17-10)8-5-14-12(19)15-11(8)18/h4-6H,1-3H2,(H2,14,15,18,19). The van der Waals surface area contributed by atoms with Gasteiger partial charge in [0.05, 0.1) is 5.56 Å². The molecular weight excluding hydrogens is 268 g/mol. The number of hydrogen-bond acceptors (Lipinski definition) is 4. The molecule has 98 valence electrons. The van der Waals surface area contributed by atoms with Gasteiger partial charge in [-0.15, -0.1) is 10.2 Å². The Balaban J connectivity index is 2.10. The lowest BCUT2D eigenvalue weighted by Gasteiger charge is -2.26. The molecule has 2 aromatic heterocycles. The quantitative estimate of drug-likeness (QED) is 0.869. The first-order valence-corrected chi connectivity index (χ1v) is 6.38. The zero-order chi connectivity index (χ0) is 13.4. The van der Waals surface area contributed by atoms with Crippen molar-refractivity contribution in [1.82, 2.24) is 20.2 Å². The van der Waals surface area contributed by atoms with Crippen LogP contribution in [0.2, 0.25) is 5.15 Å². The van der Waals surface area contributed by atoms with Crippen molar-refractivity contribution in [2.24, 2.45) is 0 Å². The monoisotopic (exact) mass is 278 g/mol. The van der Waals surface area contributed by atoms with Crippen LogP contribution in [-0.4, -0.2) is 20.2 Å². The molecule has 2 N–H and O–H groups in total. The molecule has 7 heteroatoms. The zero-order valence-corrected chi connectivity index (χ0v) is 10.7. The SMILES string of the molecule is O=c1[nH]cc(-c2cc(C3CCC3)c(Cl)nn2)c(=O)[nH]1. The third-order valence-electron chi connectivity index (χ3n) is 3.42. The van der Waals surface area contributed by atoms with E-state index >= 15 is 0 Å². The van der Waals surface area contributed by atoms with E-state index in [2.05, 4.69) is 20.2 Å². The molecule has 2 heterocycles. The Kier molecular flexibility index (Phi) is 2.94. The molecule has 0 unspecified atom stereocenters. The lowest BCUT2D eigenvalue weighted by molar-refractivity contribution is 0.418. The highest BCUT2D eigenvalue weighted by Crippen LogP contribution is 2.39. The van der Waals surface area contributed by atoms with Crippen molar-refractivity contribution >= 4 is 11.6 Å². The largest absolute Gasteiger partial charge is 0.325 e. The van der Waals surface area contributed by atoms with Crippen LogP contribution in [0.5, 0.6) is 0 Å². The minimum Gasteiger partial charge on any atom is -0.313 e. The van der Waals surface area contributed by atoms with Gasteiger partial charge in [-0.2, -0.15) is 0 Å². The minimum atomic E-state index is -0.546. The van der Waals surface area contributed by atoms with Crippen LogP contribution in [0.25, 0.3) is 11.3 Å². The Bertz CT molecular complexity index is 733. The number of nitrogens with zero attached hydrogens (tertiary/aromatic N) is 2. The number of hydrogen-bond donors (Lipinski definition) is 2. The topological polar surface area (TPSA) is 91.5 Å². The molecule has 1 aliphatic carbocycles. The van der Waals surface area contributed by atoms with E-state index in [1.807, 2.05) is 0 Å². The summed E-state index contributed by atoms with van der Waals surface area (Å²) < 4.78 is 0. The molecule has 19 heavy (non-hydrogen) atoms. The van der Waals surface area contributed by atoms with E-state index in [1.165, 1.54) is 12.6 Å². The number of H-pyrrole nitrogens is 2. The second-order valence-electron chi connectivity index (χ2n) is 4.59. The zero-order valence-electron chi connectivity index (χ0n) is 9.94. The van der Waals surface area contributed by atoms with Gasteiger partial charge in [0, 0.05) is 6.20 Å². The molecule has 0 atom stereocenters. The predicted molar refractivity (Wildman–Crippen MR) is 70.3 cm³/mol. The highest BCUT2D eigenvalue weighted by molar-refractivity contribution is 6.30. The summed E-state index contributed by atoms with van der Waals surface area (Å²) in [6.07, 6.45) is 4.67. The molecule has 0 aromatic carbocycles. The summed E-state index contributed by atoms with van der Waals surface area (Å²) in [5.41, 5.74) is 0.589. The van der Waals surface area contributed by atoms with Crippen LogP contribution < -0.4 is 11.2 Å². The summed E-state index contributed by atoms with van der Waals surface area (Å²) in [6, 6.07) is 1.78. The molecular formula is C12H11ClN4O2. The molecule has 1 saturated carbocycles. The van der Waals surface area contributed by atoms with Gasteiger partial charge in [-0.3, -0.25) is 9.78 Å². The third kappa shape index (κ3) is 2.19. The average Bonchev–Trinajstić information content (AvgIpc) is 2.30. The fraction of sp³-hybridized carbons (Fsp3) is 0.333. The Morgan fingerprint density at radius 3 is 2.68 bits per heavy atom. The van der Waals surface area contributed by atoms with E-state index in [0.717, 1.165) is 18.4 Å². The van der Waals surface area contributed by atoms with Crippen LogP contribution in [0, 0.1) is 0 Å². The van der Waals surface area contributed by atoms with Crippen LogP contribution in [0.15, 0.2) is 21.9 Å². The molecule has 3 rings (SSSR count). The molecule has 6 nitrogen and oxygen atoms in total. The second-order valence-corrected chi connectivity index (χ2v) is 4.95. The molecule has 0 aliphatic heterocycles. The van der Waals surface area contributed by atoms with Gasteiger partial charge in [0.25, 0.3) is 5.56 Å². The van der Waals surface area contributed by atoms with Crippen molar-refractivity contribution in [3.63, 3.8) is 0 Å². The average molecular weight is 279 g/mol. The number of nitrogens with one attached hydrogen (secondary N) is 2. The van der Waals surface area contributed by atoms with Crippen molar-refractivity contribution in [3.05, 3.63) is 43.8 Å². The fourth-order valence-corrected chi connectivity index (χ4v) is 2.38. The molecule has 0 spiro atoms. The van der Waals surface area contributed by atoms with E-state index in [0.29, 0.717) is 16.8 Å². The van der Waals surface area contributed by atoms with Gasteiger partial charge in [0.15, 0.2) is 5.15 Å². The first kappa shape index (κ1) is 12.1. The van der Waals surface area contributed by atoms with Crippen molar-refractivity contribution in [1.29, 1.82) is 0 Å². The van der Waals surface area contributed by atoms with E-state index in [1.54, 1.807) is 6.07 Å². The van der Waals surface area contributed by atoms with Gasteiger partial charge in [-0.05, 0) is 30.4 Å². The summed E-state index contributed by atoms with van der Waals surface area (Å²) in [5, 5.41) is 8.19. The minimum absolute atomic E-state index is 0.282. The van der Waals surface area contributed by atoms with E-state index in [-0.39, 0.29) is 5.56 Å². The molecule has 1 fully saturated rings. The van der Waals surface area contributed by atoms with Crippen molar-refractivity contribution in [2.45, 2.75) is 25.2 Å². The molecule has 0 amide bonds. The third-order valence-corrected chi connectivity index (χ3v) is 3.71. The first-order chi connectivity index (χ1) is 9.15. The summed E-state index contributed by atoms with van der Waals surface area (Å²) in [7, 11) is 0. The van der Waals surface area contributed by atoms with Crippen LogP contribution in [-0.2, 0) is 0 Å². The van der Waals surface area contributed by atoms with E-state index in [4.69, 9.17) is 11.6 Å². The molecule has 0 saturated heterocycles. The maximum atomic E-state index is 11.7. The highest BCUT2D eigenvalue weighted by Gasteiger charge is 2.23. The first-order valence-electron chi connectivity index (χ1n) is 6.00. The second kappa shape index (κ2) is 4.62. The van der Waals surface area contributed by atoms with Crippen LogP contribution in [0.3, 0.4) is 0 Å². The molecule has 1 aliphatic rings. The van der Waals surface area contributed by atoms with Gasteiger partial charge in [0.1, 0.15) is 5.69 Å². The fourth-order valence-electron chi connectivity index (χ4n) is 2.13. The summed E-state index contributed by atoms with van der Waals surface area (Å²) in [4.78, 5) is 27.3. The molecule has 0 radical (unpaired) electrons. The lowest BCUT2D eigenvalue weighted by Crippen LogP contribution is -2.23. The van der Waals surface area contributed by atoms with E-state index in [9.17, 15) is 9.59 Å². The summed E-state index contributed by atoms with van der Waals surface area (Å²) in [5.74, 6) is 0.392. The normalized spacial score (nSPS) is 15.2. The van der Waals surface area contributed by atoms with Gasteiger partial charge in [-0.25, -0.2) is 4.79 Å². The van der Waals surface area contributed by atoms with Gasteiger partial charge >= 0.3 is 5.69 Å². The number of aromatic nitrogens is 4. The Morgan fingerprint density at radius 1 is 1.26 bits per heavy atom. The number of aromatic amines is 2. The predicted octanol–water partition coefficient (Wildman–Crippen LogP) is 1.44. The number of rotatable bonds is 2. The smallest absolute Gasteiger partial charge is 0.313 e. The van der Waals surface area contributed by atoms with Crippen LogP contribution in [0.4, 0.5) is 0 Å².